The highest BCUT2D eigenvalue weighted by Gasteiger charge is 2.51. The van der Waals surface area contributed by atoms with E-state index in [1.54, 1.807) is 20.8 Å². The molecule has 10 nitrogen and oxygen atoms in total. The van der Waals surface area contributed by atoms with Crippen LogP contribution in [0.1, 0.15) is 33.6 Å². The number of hydrogen-bond donors (Lipinski definition) is 1. The number of methoxy groups -OCH3 is 1. The Morgan fingerprint density at radius 1 is 1.25 bits per heavy atom. The molecule has 0 radical (unpaired) electrons. The molecule has 0 aliphatic carbocycles. The molecule has 1 aliphatic heterocycles. The summed E-state index contributed by atoms with van der Waals surface area (Å²) in [5, 5.41) is 10.7. The molecule has 2 atom stereocenters. The summed E-state index contributed by atoms with van der Waals surface area (Å²) in [6, 6.07) is 0. The van der Waals surface area contributed by atoms with Crippen molar-refractivity contribution < 1.29 is 43.3 Å². The van der Waals surface area contributed by atoms with Crippen molar-refractivity contribution in [3.63, 3.8) is 0 Å². The van der Waals surface area contributed by atoms with Crippen LogP contribution in [0.15, 0.2) is 12.7 Å². The van der Waals surface area contributed by atoms with Crippen molar-refractivity contribution in [2.75, 3.05) is 26.8 Å². The van der Waals surface area contributed by atoms with Crippen LogP contribution in [0, 0.1) is 5.92 Å². The summed E-state index contributed by atoms with van der Waals surface area (Å²) in [6.45, 7) is 7.80. The van der Waals surface area contributed by atoms with Gasteiger partial charge in [0.15, 0.2) is 6.61 Å². The topological polar surface area (TPSA) is 129 Å². The maximum Gasteiger partial charge on any atom is 0.418 e. The molecule has 0 aromatic carbocycles. The fourth-order valence-corrected chi connectivity index (χ4v) is 2.81. The van der Waals surface area contributed by atoms with Gasteiger partial charge in [0.1, 0.15) is 17.1 Å². The molecule has 0 spiro atoms. The lowest BCUT2D eigenvalue weighted by Crippen LogP contribution is -2.57. The van der Waals surface area contributed by atoms with Gasteiger partial charge in [0, 0.05) is 25.9 Å². The smallest absolute Gasteiger partial charge is 0.418 e. The van der Waals surface area contributed by atoms with Gasteiger partial charge >= 0.3 is 23.9 Å². The van der Waals surface area contributed by atoms with E-state index in [9.17, 15) is 24.4 Å². The molecule has 0 aromatic heterocycles. The molecule has 0 bridgehead atoms. The van der Waals surface area contributed by atoms with E-state index in [0.29, 0.717) is 0 Å². The Labute approximate surface area is 163 Å². The number of hydrogen-bond acceptors (Lipinski definition) is 10. The van der Waals surface area contributed by atoms with Gasteiger partial charge in [0.2, 0.25) is 0 Å². The number of rotatable bonds is 6. The van der Waals surface area contributed by atoms with Gasteiger partial charge in [-0.15, -0.1) is 6.58 Å². The van der Waals surface area contributed by atoms with Crippen LogP contribution in [0.25, 0.3) is 0 Å². The number of hydroxylamine groups is 2. The molecular weight excluding hydrogens is 374 g/mol. The van der Waals surface area contributed by atoms with Gasteiger partial charge in [-0.25, -0.2) is 14.4 Å². The highest BCUT2D eigenvalue weighted by Crippen LogP contribution is 2.36. The summed E-state index contributed by atoms with van der Waals surface area (Å²) in [4.78, 5) is 47.8. The van der Waals surface area contributed by atoms with Crippen LogP contribution in [0.4, 0.5) is 0 Å². The molecular formula is C18H27NO9. The van der Waals surface area contributed by atoms with E-state index in [1.165, 1.54) is 6.08 Å². The quantitative estimate of drug-likeness (QED) is 0.292. The molecule has 1 rings (SSSR count). The van der Waals surface area contributed by atoms with Crippen molar-refractivity contribution in [3.05, 3.63) is 12.7 Å². The van der Waals surface area contributed by atoms with Crippen LogP contribution in [0.3, 0.4) is 0 Å². The van der Waals surface area contributed by atoms with Crippen molar-refractivity contribution in [3.8, 4) is 0 Å². The molecule has 0 aromatic rings. The number of carbonyl (C=O) groups excluding carboxylic acids is 4. The largest absolute Gasteiger partial charge is 0.461 e. The lowest BCUT2D eigenvalue weighted by Gasteiger charge is -2.43. The second kappa shape index (κ2) is 9.65. The fourth-order valence-electron chi connectivity index (χ4n) is 2.81. The van der Waals surface area contributed by atoms with Crippen LogP contribution in [-0.2, 0) is 38.1 Å². The summed E-state index contributed by atoms with van der Waals surface area (Å²) >= 11 is 0. The van der Waals surface area contributed by atoms with Gasteiger partial charge in [-0.1, -0.05) is 6.08 Å². The third-order valence-electron chi connectivity index (χ3n) is 4.00. The molecule has 2 unspecified atom stereocenters. The first-order chi connectivity index (χ1) is 12.9. The normalized spacial score (nSPS) is 22.7. The Hall–Kier alpha value is -2.46. The molecule has 1 N–H and O–H groups in total. The molecule has 0 saturated carbocycles. The van der Waals surface area contributed by atoms with Gasteiger partial charge in [0.05, 0.1) is 7.11 Å². The minimum absolute atomic E-state index is 0.0236. The summed E-state index contributed by atoms with van der Waals surface area (Å²) in [6.07, 6.45) is 1.48. The predicted molar refractivity (Wildman–Crippen MR) is 93.9 cm³/mol. The van der Waals surface area contributed by atoms with E-state index in [0.717, 1.165) is 12.2 Å². The van der Waals surface area contributed by atoms with Gasteiger partial charge in [-0.2, -0.15) is 5.06 Å². The number of ether oxygens (including phenoxy) is 4. The first kappa shape index (κ1) is 23.6. The minimum Gasteiger partial charge on any atom is -0.461 e. The van der Waals surface area contributed by atoms with E-state index in [2.05, 4.69) is 11.3 Å². The molecule has 28 heavy (non-hydrogen) atoms. The zero-order valence-corrected chi connectivity index (χ0v) is 16.6. The molecule has 158 valence electrons. The highest BCUT2D eigenvalue weighted by atomic mass is 16.6. The summed E-state index contributed by atoms with van der Waals surface area (Å²) in [7, 11) is 1.02. The summed E-state index contributed by atoms with van der Waals surface area (Å²) in [5.41, 5.74) is -2.23. The maximum absolute atomic E-state index is 12.6. The summed E-state index contributed by atoms with van der Waals surface area (Å²) < 4.78 is 19.7. The second-order valence-electron chi connectivity index (χ2n) is 7.35. The van der Waals surface area contributed by atoms with Gasteiger partial charge < -0.3 is 24.2 Å². The van der Waals surface area contributed by atoms with Gasteiger partial charge in [-0.05, 0) is 20.8 Å². The zero-order chi connectivity index (χ0) is 21.5. The van der Waals surface area contributed by atoms with Crippen LogP contribution < -0.4 is 0 Å². The van der Waals surface area contributed by atoms with Crippen molar-refractivity contribution in [1.29, 1.82) is 0 Å². The lowest BCUT2D eigenvalue weighted by atomic mass is 9.78. The predicted octanol–water partition coefficient (Wildman–Crippen LogP) is 0.614. The van der Waals surface area contributed by atoms with E-state index >= 15 is 0 Å². The van der Waals surface area contributed by atoms with E-state index in [4.69, 9.17) is 14.2 Å². The first-order valence-corrected chi connectivity index (χ1v) is 8.68. The van der Waals surface area contributed by atoms with Crippen LogP contribution in [-0.4, -0.2) is 72.2 Å². The molecule has 1 heterocycles. The standard InChI is InChI=1S/C18H27NO9/c1-6-7-18(28-16(23)15(22)25-5)8-9-19(24)10-12(18)14(21)26-11-13(20)27-17(2,3)4/h6,12,24H,1,7-11H2,2-5H3. The Morgan fingerprint density at radius 2 is 1.89 bits per heavy atom. The van der Waals surface area contributed by atoms with E-state index in [-0.39, 0.29) is 25.9 Å². The molecule has 10 heteroatoms. The average molecular weight is 401 g/mol. The number of esters is 4. The summed E-state index contributed by atoms with van der Waals surface area (Å²) in [5.74, 6) is -5.31. The molecule has 1 saturated heterocycles. The van der Waals surface area contributed by atoms with E-state index < -0.39 is 47.6 Å². The minimum atomic E-state index is -1.47. The zero-order valence-electron chi connectivity index (χ0n) is 16.6. The van der Waals surface area contributed by atoms with E-state index in [1.807, 2.05) is 0 Å². The van der Waals surface area contributed by atoms with Gasteiger partial charge in [-0.3, -0.25) is 4.79 Å². The lowest BCUT2D eigenvalue weighted by molar-refractivity contribution is -0.212. The number of carbonyl (C=O) groups is 4. The third kappa shape index (κ3) is 6.61. The van der Waals surface area contributed by atoms with Crippen molar-refractivity contribution in [1.82, 2.24) is 5.06 Å². The Morgan fingerprint density at radius 3 is 2.43 bits per heavy atom. The second-order valence-corrected chi connectivity index (χ2v) is 7.35. The Bertz CT molecular complexity index is 625. The Balaban J connectivity index is 2.98. The van der Waals surface area contributed by atoms with Crippen molar-refractivity contribution in [2.24, 2.45) is 5.92 Å². The average Bonchev–Trinajstić information content (AvgIpc) is 2.59. The van der Waals surface area contributed by atoms with Gasteiger partial charge in [0.25, 0.3) is 0 Å². The maximum atomic E-state index is 12.6. The van der Waals surface area contributed by atoms with Crippen LogP contribution in [0.5, 0.6) is 0 Å². The molecule has 1 fully saturated rings. The first-order valence-electron chi connectivity index (χ1n) is 8.68. The third-order valence-corrected chi connectivity index (χ3v) is 4.00. The van der Waals surface area contributed by atoms with Crippen molar-refractivity contribution in [2.45, 2.75) is 44.8 Å². The SMILES string of the molecule is C=CCC1(OC(=O)C(=O)OC)CCN(O)CC1C(=O)OCC(=O)OC(C)(C)C. The fraction of sp³-hybridized carbons (Fsp3) is 0.667. The number of piperidine rings is 1. The Kier molecular flexibility index (Phi) is 8.13. The highest BCUT2D eigenvalue weighted by molar-refractivity contribution is 6.29. The van der Waals surface area contributed by atoms with Crippen molar-refractivity contribution >= 4 is 23.9 Å². The molecule has 1 aliphatic rings. The van der Waals surface area contributed by atoms with Crippen LogP contribution in [0.2, 0.25) is 0 Å². The monoisotopic (exact) mass is 401 g/mol. The number of nitrogens with zero attached hydrogens (tertiary/aromatic N) is 1. The molecule has 0 amide bonds. The van der Waals surface area contributed by atoms with Crippen LogP contribution >= 0.6 is 0 Å².